The van der Waals surface area contributed by atoms with Crippen LogP contribution in [-0.2, 0) is 0 Å². The molecule has 2 rings (SSSR count). The summed E-state index contributed by atoms with van der Waals surface area (Å²) >= 11 is 8.45. The highest BCUT2D eigenvalue weighted by Crippen LogP contribution is 2.40. The first-order chi connectivity index (χ1) is 8.81. The zero-order chi connectivity index (χ0) is 12.8. The second kappa shape index (κ2) is 7.45. The lowest BCUT2D eigenvalue weighted by Crippen LogP contribution is -2.24. The Balaban J connectivity index is 1.91. The summed E-state index contributed by atoms with van der Waals surface area (Å²) in [5, 5.41) is 0.409. The van der Waals surface area contributed by atoms with Crippen molar-refractivity contribution < 1.29 is 0 Å². The van der Waals surface area contributed by atoms with Crippen LogP contribution in [0, 0.1) is 5.92 Å². The van der Waals surface area contributed by atoms with E-state index in [2.05, 4.69) is 36.6 Å². The lowest BCUT2D eigenvalue weighted by Gasteiger charge is -2.33. The van der Waals surface area contributed by atoms with Gasteiger partial charge < -0.3 is 0 Å². The first kappa shape index (κ1) is 14.3. The average molecular weight is 283 g/mol. The topological polar surface area (TPSA) is 0 Å². The summed E-state index contributed by atoms with van der Waals surface area (Å²) in [4.78, 5) is 0. The molecule has 1 aliphatic rings. The van der Waals surface area contributed by atoms with Gasteiger partial charge in [0.1, 0.15) is 0 Å². The number of benzene rings is 1. The van der Waals surface area contributed by atoms with E-state index in [0.29, 0.717) is 5.38 Å². The summed E-state index contributed by atoms with van der Waals surface area (Å²) < 4.78 is 0. The Hall–Kier alpha value is -0.140. The van der Waals surface area contributed by atoms with Crippen LogP contribution in [0.15, 0.2) is 30.3 Å². The molecule has 0 aromatic heterocycles. The van der Waals surface area contributed by atoms with Gasteiger partial charge in [-0.2, -0.15) is 11.8 Å². The maximum atomic E-state index is 6.51. The third-order valence-corrected chi connectivity index (χ3v) is 5.36. The molecule has 100 valence electrons. The number of hydrogen-bond donors (Lipinski definition) is 0. The average Bonchev–Trinajstić information content (AvgIpc) is 2.42. The Morgan fingerprint density at radius 1 is 1.22 bits per heavy atom. The molecule has 0 heterocycles. The number of hydrogen-bond acceptors (Lipinski definition) is 1. The molecule has 0 nitrogen and oxygen atoms in total. The van der Waals surface area contributed by atoms with Gasteiger partial charge in [0.2, 0.25) is 0 Å². The second-order valence-corrected chi connectivity index (χ2v) is 6.88. The fraction of sp³-hybridized carbons (Fsp3) is 0.625. The second-order valence-electron chi connectivity index (χ2n) is 5.33. The maximum absolute atomic E-state index is 6.51. The van der Waals surface area contributed by atoms with Crippen LogP contribution in [-0.4, -0.2) is 17.4 Å². The fourth-order valence-electron chi connectivity index (χ4n) is 3.04. The molecule has 1 aliphatic carbocycles. The Morgan fingerprint density at radius 2 is 2.00 bits per heavy atom. The van der Waals surface area contributed by atoms with Gasteiger partial charge in [0.15, 0.2) is 0 Å². The number of rotatable bonds is 5. The van der Waals surface area contributed by atoms with Crippen LogP contribution in [0.25, 0.3) is 0 Å². The zero-order valence-electron chi connectivity index (χ0n) is 11.1. The summed E-state index contributed by atoms with van der Waals surface area (Å²) in [5.74, 6) is 2.73. The van der Waals surface area contributed by atoms with Gasteiger partial charge in [-0.1, -0.05) is 30.3 Å². The van der Waals surface area contributed by atoms with Crippen molar-refractivity contribution in [2.45, 2.75) is 43.4 Å². The van der Waals surface area contributed by atoms with Crippen LogP contribution < -0.4 is 0 Å². The van der Waals surface area contributed by atoms with Gasteiger partial charge in [-0.05, 0) is 61.5 Å². The first-order valence-corrected chi connectivity index (χ1v) is 8.82. The van der Waals surface area contributed by atoms with E-state index in [4.69, 9.17) is 11.6 Å². The third kappa shape index (κ3) is 3.93. The van der Waals surface area contributed by atoms with Gasteiger partial charge in [-0.3, -0.25) is 0 Å². The molecule has 0 amide bonds. The molecular formula is C16H23ClS. The van der Waals surface area contributed by atoms with Gasteiger partial charge in [-0.15, -0.1) is 11.6 Å². The van der Waals surface area contributed by atoms with Gasteiger partial charge in [0, 0.05) is 5.38 Å². The van der Waals surface area contributed by atoms with E-state index >= 15 is 0 Å². The minimum atomic E-state index is 0.409. The van der Waals surface area contributed by atoms with Crippen molar-refractivity contribution in [1.29, 1.82) is 0 Å². The fourth-order valence-corrected chi connectivity index (χ4v) is 3.85. The molecular weight excluding hydrogens is 260 g/mol. The van der Waals surface area contributed by atoms with Crippen molar-refractivity contribution in [3.05, 3.63) is 35.9 Å². The van der Waals surface area contributed by atoms with Crippen LogP contribution >= 0.6 is 23.4 Å². The number of halogens is 1. The van der Waals surface area contributed by atoms with Crippen LogP contribution in [0.1, 0.15) is 43.6 Å². The Kier molecular flexibility index (Phi) is 5.91. The lowest BCUT2D eigenvalue weighted by molar-refractivity contribution is 0.311. The highest BCUT2D eigenvalue weighted by Gasteiger charge is 2.29. The molecule has 2 heteroatoms. The van der Waals surface area contributed by atoms with E-state index in [1.165, 1.54) is 43.4 Å². The normalized spacial score (nSPS) is 28.2. The Labute approximate surface area is 121 Å². The van der Waals surface area contributed by atoms with E-state index in [1.54, 1.807) is 0 Å². The highest BCUT2D eigenvalue weighted by molar-refractivity contribution is 7.98. The van der Waals surface area contributed by atoms with Crippen LogP contribution in [0.5, 0.6) is 0 Å². The van der Waals surface area contributed by atoms with E-state index in [-0.39, 0.29) is 0 Å². The molecule has 0 radical (unpaired) electrons. The molecule has 0 aliphatic heterocycles. The largest absolute Gasteiger partial charge is 0.165 e. The van der Waals surface area contributed by atoms with Crippen molar-refractivity contribution in [3.63, 3.8) is 0 Å². The zero-order valence-corrected chi connectivity index (χ0v) is 12.7. The standard InChI is InChI=1S/C16H23ClS/c1-18-11-5-8-15-12-14(9-10-16(15)17)13-6-3-2-4-7-13/h2-4,6-7,14-16H,5,8-12H2,1H3. The Morgan fingerprint density at radius 3 is 2.72 bits per heavy atom. The predicted molar refractivity (Wildman–Crippen MR) is 83.8 cm³/mol. The van der Waals surface area contributed by atoms with E-state index in [1.807, 2.05) is 11.8 Å². The molecule has 18 heavy (non-hydrogen) atoms. The van der Waals surface area contributed by atoms with E-state index < -0.39 is 0 Å². The molecule has 1 aromatic carbocycles. The monoisotopic (exact) mass is 282 g/mol. The van der Waals surface area contributed by atoms with Crippen molar-refractivity contribution in [2.75, 3.05) is 12.0 Å². The molecule has 0 saturated heterocycles. The first-order valence-electron chi connectivity index (χ1n) is 6.99. The summed E-state index contributed by atoms with van der Waals surface area (Å²) in [6.45, 7) is 0. The summed E-state index contributed by atoms with van der Waals surface area (Å²) in [5.41, 5.74) is 1.51. The Bertz CT molecular complexity index is 338. The quantitative estimate of drug-likeness (QED) is 0.520. The third-order valence-electron chi connectivity index (χ3n) is 4.08. The molecule has 1 saturated carbocycles. The smallest absolute Gasteiger partial charge is 0.0364 e. The van der Waals surface area contributed by atoms with Gasteiger partial charge in [0.05, 0.1) is 0 Å². The predicted octanol–water partition coefficient (Wildman–Crippen LogP) is 5.32. The van der Waals surface area contributed by atoms with Gasteiger partial charge >= 0.3 is 0 Å². The molecule has 1 fully saturated rings. The summed E-state index contributed by atoms with van der Waals surface area (Å²) in [6.07, 6.45) is 8.54. The van der Waals surface area contributed by atoms with Crippen LogP contribution in [0.4, 0.5) is 0 Å². The number of alkyl halides is 1. The van der Waals surface area contributed by atoms with Crippen molar-refractivity contribution in [2.24, 2.45) is 5.92 Å². The van der Waals surface area contributed by atoms with Crippen molar-refractivity contribution in [3.8, 4) is 0 Å². The molecule has 3 unspecified atom stereocenters. The van der Waals surface area contributed by atoms with Crippen molar-refractivity contribution in [1.82, 2.24) is 0 Å². The SMILES string of the molecule is CSCCCC1CC(c2ccccc2)CCC1Cl. The van der Waals surface area contributed by atoms with E-state index in [9.17, 15) is 0 Å². The number of thioether (sulfide) groups is 1. The lowest BCUT2D eigenvalue weighted by atomic mass is 9.76. The highest BCUT2D eigenvalue weighted by atomic mass is 35.5. The summed E-state index contributed by atoms with van der Waals surface area (Å²) in [7, 11) is 0. The van der Waals surface area contributed by atoms with Gasteiger partial charge in [0.25, 0.3) is 0 Å². The van der Waals surface area contributed by atoms with E-state index in [0.717, 1.165) is 11.8 Å². The molecule has 3 atom stereocenters. The van der Waals surface area contributed by atoms with Gasteiger partial charge in [-0.25, -0.2) is 0 Å². The molecule has 0 spiro atoms. The minimum Gasteiger partial charge on any atom is -0.165 e. The molecule has 1 aromatic rings. The maximum Gasteiger partial charge on any atom is 0.0364 e. The molecule has 0 N–H and O–H groups in total. The summed E-state index contributed by atoms with van der Waals surface area (Å²) in [6, 6.07) is 11.0. The van der Waals surface area contributed by atoms with Crippen molar-refractivity contribution >= 4 is 23.4 Å². The molecule has 0 bridgehead atoms. The van der Waals surface area contributed by atoms with Crippen LogP contribution in [0.2, 0.25) is 0 Å². The minimum absolute atomic E-state index is 0.409. The van der Waals surface area contributed by atoms with Crippen LogP contribution in [0.3, 0.4) is 0 Å².